The van der Waals surface area contributed by atoms with Crippen LogP contribution in [0.15, 0.2) is 70.8 Å². The second-order valence-corrected chi connectivity index (χ2v) is 7.61. The van der Waals surface area contributed by atoms with Crippen molar-refractivity contribution in [3.63, 3.8) is 0 Å². The van der Waals surface area contributed by atoms with Gasteiger partial charge >= 0.3 is 0 Å². The third-order valence-electron chi connectivity index (χ3n) is 4.08. The van der Waals surface area contributed by atoms with E-state index in [0.717, 1.165) is 4.88 Å². The zero-order valence-electron chi connectivity index (χ0n) is 15.9. The summed E-state index contributed by atoms with van der Waals surface area (Å²) in [5.41, 5.74) is 3.77. The van der Waals surface area contributed by atoms with Crippen molar-refractivity contribution in [1.29, 1.82) is 0 Å². The number of hydrogen-bond donors (Lipinski definition) is 3. The van der Waals surface area contributed by atoms with Crippen LogP contribution in [0.1, 0.15) is 26.4 Å². The van der Waals surface area contributed by atoms with E-state index in [2.05, 4.69) is 15.8 Å². The number of hydrazone groups is 1. The van der Waals surface area contributed by atoms with Crippen molar-refractivity contribution < 1.29 is 14.7 Å². The van der Waals surface area contributed by atoms with Crippen LogP contribution in [-0.2, 0) is 4.79 Å². The number of carbonyl (C=O) groups excluding carboxylic acids is 2. The Kier molecular flexibility index (Phi) is 7.00. The molecule has 3 N–H and O–H groups in total. The molecule has 0 fully saturated rings. The van der Waals surface area contributed by atoms with Crippen molar-refractivity contribution in [2.24, 2.45) is 5.10 Å². The highest BCUT2D eigenvalue weighted by atomic mass is 35.5. The number of para-hydroxylation sites is 1. The summed E-state index contributed by atoms with van der Waals surface area (Å²) in [6.07, 6.45) is 2.88. The molecule has 0 radical (unpaired) electrons. The van der Waals surface area contributed by atoms with Crippen molar-refractivity contribution in [1.82, 2.24) is 10.7 Å². The number of phenolic OH excluding ortho intramolecular Hbond substituents is 1. The Bertz CT molecular complexity index is 1120. The summed E-state index contributed by atoms with van der Waals surface area (Å²) >= 11 is 7.49. The largest absolute Gasteiger partial charge is 0.507 e. The molecule has 0 saturated carbocycles. The topological polar surface area (TPSA) is 90.8 Å². The van der Waals surface area contributed by atoms with Crippen molar-refractivity contribution in [3.05, 3.63) is 92.3 Å². The van der Waals surface area contributed by atoms with Gasteiger partial charge in [-0.05, 0) is 48.2 Å². The third-order valence-corrected chi connectivity index (χ3v) is 5.23. The Hall–Kier alpha value is -3.42. The van der Waals surface area contributed by atoms with E-state index in [0.29, 0.717) is 11.1 Å². The van der Waals surface area contributed by atoms with Crippen molar-refractivity contribution >= 4 is 47.0 Å². The summed E-state index contributed by atoms with van der Waals surface area (Å²) in [5.74, 6) is -1.05. The maximum atomic E-state index is 12.7. The van der Waals surface area contributed by atoms with Crippen LogP contribution in [0, 0.1) is 6.92 Å². The number of phenols is 1. The first kappa shape index (κ1) is 21.3. The molecule has 0 aliphatic rings. The summed E-state index contributed by atoms with van der Waals surface area (Å²) < 4.78 is 0. The van der Waals surface area contributed by atoms with Gasteiger partial charge in [-0.3, -0.25) is 9.59 Å². The molecule has 0 saturated heterocycles. The number of thiophene rings is 1. The molecule has 1 aromatic heterocycles. The van der Waals surface area contributed by atoms with Gasteiger partial charge in [0.15, 0.2) is 0 Å². The quantitative estimate of drug-likeness (QED) is 0.303. The SMILES string of the molecule is Cc1cccc(C=NNC(=O)C(=Cc2cccs2)NC(=O)c2ccccc2Cl)c1O. The monoisotopic (exact) mass is 439 g/mol. The molecule has 0 aliphatic heterocycles. The first-order valence-electron chi connectivity index (χ1n) is 8.89. The minimum atomic E-state index is -0.618. The molecule has 3 rings (SSSR count). The minimum Gasteiger partial charge on any atom is -0.507 e. The van der Waals surface area contributed by atoms with Crippen LogP contribution >= 0.6 is 22.9 Å². The van der Waals surface area contributed by atoms with Gasteiger partial charge in [-0.1, -0.05) is 41.9 Å². The zero-order valence-corrected chi connectivity index (χ0v) is 17.5. The number of hydrogen-bond acceptors (Lipinski definition) is 5. The van der Waals surface area contributed by atoms with Crippen LogP contribution in [0.5, 0.6) is 5.75 Å². The number of aromatic hydroxyl groups is 1. The summed E-state index contributed by atoms with van der Waals surface area (Å²) in [6, 6.07) is 15.4. The van der Waals surface area contributed by atoms with Crippen molar-refractivity contribution in [2.75, 3.05) is 0 Å². The van der Waals surface area contributed by atoms with E-state index in [1.54, 1.807) is 55.5 Å². The van der Waals surface area contributed by atoms with E-state index in [-0.39, 0.29) is 22.0 Å². The predicted octanol–water partition coefficient (Wildman–Crippen LogP) is 4.34. The van der Waals surface area contributed by atoms with Crippen LogP contribution in [0.2, 0.25) is 5.02 Å². The third kappa shape index (κ3) is 5.34. The average molecular weight is 440 g/mol. The molecule has 152 valence electrons. The Balaban J connectivity index is 1.79. The Labute approximate surface area is 182 Å². The number of carbonyl (C=O) groups is 2. The maximum Gasteiger partial charge on any atom is 0.287 e. The molecule has 0 spiro atoms. The first-order chi connectivity index (χ1) is 14.5. The van der Waals surface area contributed by atoms with Crippen LogP contribution in [0.25, 0.3) is 6.08 Å². The highest BCUT2D eigenvalue weighted by Crippen LogP contribution is 2.19. The number of aryl methyl sites for hydroxylation is 1. The number of rotatable bonds is 6. The Morgan fingerprint density at radius 1 is 1.10 bits per heavy atom. The molecule has 30 heavy (non-hydrogen) atoms. The van der Waals surface area contributed by atoms with Gasteiger partial charge in [0.2, 0.25) is 0 Å². The fraction of sp³-hybridized carbons (Fsp3) is 0.0455. The fourth-order valence-electron chi connectivity index (χ4n) is 2.52. The molecule has 0 unspecified atom stereocenters. The molecular weight excluding hydrogens is 422 g/mol. The van der Waals surface area contributed by atoms with Gasteiger partial charge in [0.1, 0.15) is 11.4 Å². The first-order valence-corrected chi connectivity index (χ1v) is 10.1. The lowest BCUT2D eigenvalue weighted by Gasteiger charge is -2.09. The van der Waals surface area contributed by atoms with E-state index < -0.39 is 11.8 Å². The highest BCUT2D eigenvalue weighted by molar-refractivity contribution is 7.10. The number of benzene rings is 2. The van der Waals surface area contributed by atoms with E-state index in [9.17, 15) is 14.7 Å². The number of halogens is 1. The second kappa shape index (κ2) is 9.87. The number of amides is 2. The number of nitrogens with zero attached hydrogens (tertiary/aromatic N) is 1. The maximum absolute atomic E-state index is 12.7. The molecule has 6 nitrogen and oxygen atoms in total. The zero-order chi connectivity index (χ0) is 21.5. The van der Waals surface area contributed by atoms with Gasteiger partial charge in [-0.2, -0.15) is 5.10 Å². The molecule has 1 heterocycles. The smallest absolute Gasteiger partial charge is 0.287 e. The van der Waals surface area contributed by atoms with Crippen molar-refractivity contribution in [2.45, 2.75) is 6.92 Å². The molecule has 0 atom stereocenters. The predicted molar refractivity (Wildman–Crippen MR) is 120 cm³/mol. The average Bonchev–Trinajstić information content (AvgIpc) is 3.24. The second-order valence-electron chi connectivity index (χ2n) is 6.22. The van der Waals surface area contributed by atoms with E-state index >= 15 is 0 Å². The summed E-state index contributed by atoms with van der Waals surface area (Å²) in [6.45, 7) is 1.76. The minimum absolute atomic E-state index is 0.00739. The van der Waals surface area contributed by atoms with Crippen LogP contribution < -0.4 is 10.7 Å². The highest BCUT2D eigenvalue weighted by Gasteiger charge is 2.16. The lowest BCUT2D eigenvalue weighted by Crippen LogP contribution is -2.33. The van der Waals surface area contributed by atoms with Gasteiger partial charge in [0.05, 0.1) is 16.8 Å². The van der Waals surface area contributed by atoms with Crippen molar-refractivity contribution in [3.8, 4) is 5.75 Å². The van der Waals surface area contributed by atoms with Crippen LogP contribution in [0.3, 0.4) is 0 Å². The molecule has 2 aromatic carbocycles. The standard InChI is InChI=1S/C22H18ClN3O3S/c1-14-6-4-7-15(20(14)27)13-24-26-22(29)19(12-16-8-5-11-30-16)25-21(28)17-9-2-3-10-18(17)23/h2-13,27H,1H3,(H,25,28)(H,26,29). The molecule has 0 aliphatic carbocycles. The van der Waals surface area contributed by atoms with Gasteiger partial charge in [0, 0.05) is 10.4 Å². The Morgan fingerprint density at radius 3 is 2.63 bits per heavy atom. The fourth-order valence-corrected chi connectivity index (χ4v) is 3.39. The molecule has 2 amide bonds. The lowest BCUT2D eigenvalue weighted by atomic mass is 10.1. The lowest BCUT2D eigenvalue weighted by molar-refractivity contribution is -0.117. The molecule has 8 heteroatoms. The summed E-state index contributed by atoms with van der Waals surface area (Å²) in [4.78, 5) is 26.0. The van der Waals surface area contributed by atoms with E-state index in [1.165, 1.54) is 17.6 Å². The van der Waals surface area contributed by atoms with Crippen LogP contribution in [-0.4, -0.2) is 23.1 Å². The van der Waals surface area contributed by atoms with Gasteiger partial charge in [0.25, 0.3) is 11.8 Å². The molecule has 0 bridgehead atoms. The Morgan fingerprint density at radius 2 is 1.90 bits per heavy atom. The van der Waals surface area contributed by atoms with Gasteiger partial charge in [-0.15, -0.1) is 11.3 Å². The van der Waals surface area contributed by atoms with Gasteiger partial charge in [-0.25, -0.2) is 5.43 Å². The van der Waals surface area contributed by atoms with Crippen LogP contribution in [0.4, 0.5) is 0 Å². The summed E-state index contributed by atoms with van der Waals surface area (Å²) in [5, 5.41) is 18.6. The number of nitrogens with one attached hydrogen (secondary N) is 2. The van der Waals surface area contributed by atoms with Gasteiger partial charge < -0.3 is 10.4 Å². The normalized spacial score (nSPS) is 11.5. The molecular formula is C22H18ClN3O3S. The summed E-state index contributed by atoms with van der Waals surface area (Å²) in [7, 11) is 0. The van der Waals surface area contributed by atoms with E-state index in [1.807, 2.05) is 17.5 Å². The van der Waals surface area contributed by atoms with E-state index in [4.69, 9.17) is 11.6 Å². The molecule has 3 aromatic rings.